The molecule has 0 aliphatic rings. The Hall–Kier alpha value is -1.86. The second-order valence-corrected chi connectivity index (χ2v) is 4.38. The van der Waals surface area contributed by atoms with E-state index in [4.69, 9.17) is 22.1 Å². The second-order valence-electron chi connectivity index (χ2n) is 3.98. The average molecular weight is 288 g/mol. The van der Waals surface area contributed by atoms with Crippen LogP contribution in [0.4, 0.5) is 11.4 Å². The number of hydrogen-bond acceptors (Lipinski definition) is 5. The van der Waals surface area contributed by atoms with Crippen LogP contribution >= 0.6 is 11.6 Å². The fraction of sp³-hybridized carbons (Fsp3) is 0.364. The van der Waals surface area contributed by atoms with Gasteiger partial charge in [-0.25, -0.2) is 0 Å². The number of rotatable bonds is 5. The summed E-state index contributed by atoms with van der Waals surface area (Å²) in [7, 11) is 1.50. The van der Waals surface area contributed by atoms with Gasteiger partial charge in [-0.1, -0.05) is 11.6 Å². The first kappa shape index (κ1) is 15.2. The van der Waals surface area contributed by atoms with Gasteiger partial charge in [-0.05, 0) is 6.92 Å². The highest BCUT2D eigenvalue weighted by Crippen LogP contribution is 2.28. The minimum absolute atomic E-state index is 0.00869. The highest BCUT2D eigenvalue weighted by Gasteiger charge is 2.19. The van der Waals surface area contributed by atoms with Crippen molar-refractivity contribution in [2.75, 3.05) is 19.5 Å². The number of nitro groups is 1. The van der Waals surface area contributed by atoms with E-state index in [0.29, 0.717) is 6.61 Å². The lowest BCUT2D eigenvalue weighted by Crippen LogP contribution is -2.36. The zero-order valence-electron chi connectivity index (χ0n) is 10.5. The van der Waals surface area contributed by atoms with Crippen molar-refractivity contribution < 1.29 is 14.5 Å². The highest BCUT2D eigenvalue weighted by atomic mass is 35.5. The fourth-order valence-electron chi connectivity index (χ4n) is 1.49. The summed E-state index contributed by atoms with van der Waals surface area (Å²) in [4.78, 5) is 22.0. The number of anilines is 1. The summed E-state index contributed by atoms with van der Waals surface area (Å²) in [5, 5.41) is 13.3. The van der Waals surface area contributed by atoms with E-state index in [1.54, 1.807) is 6.92 Å². The lowest BCUT2D eigenvalue weighted by Gasteiger charge is -2.14. The molecule has 0 fully saturated rings. The standard InChI is InChI=1S/C11H14ClN3O4/c1-6(5-19-2)14-11(16)8-3-7(15(17)18)4-9(12)10(8)13/h3-4,6H,5,13H2,1-2H3,(H,14,16). The van der Waals surface area contributed by atoms with Gasteiger partial charge in [-0.3, -0.25) is 14.9 Å². The zero-order chi connectivity index (χ0) is 14.6. The molecule has 8 heteroatoms. The van der Waals surface area contributed by atoms with Crippen molar-refractivity contribution in [2.45, 2.75) is 13.0 Å². The molecule has 0 spiro atoms. The first-order chi connectivity index (χ1) is 8.86. The Bertz CT molecular complexity index is 507. The number of hydrogen-bond donors (Lipinski definition) is 2. The summed E-state index contributed by atoms with van der Waals surface area (Å²) >= 11 is 5.77. The molecule has 0 aliphatic heterocycles. The molecule has 1 aromatic rings. The number of nitro benzene ring substituents is 1. The number of nitrogen functional groups attached to an aromatic ring is 1. The molecular weight excluding hydrogens is 274 g/mol. The van der Waals surface area contributed by atoms with Crippen LogP contribution in [0.2, 0.25) is 5.02 Å². The van der Waals surface area contributed by atoms with E-state index in [-0.39, 0.29) is 28.0 Å². The Balaban J connectivity index is 3.05. The van der Waals surface area contributed by atoms with Gasteiger partial charge in [0.05, 0.1) is 27.8 Å². The smallest absolute Gasteiger partial charge is 0.271 e. The van der Waals surface area contributed by atoms with Crippen LogP contribution in [0, 0.1) is 10.1 Å². The number of benzene rings is 1. The van der Waals surface area contributed by atoms with Crippen LogP contribution in [0.5, 0.6) is 0 Å². The molecule has 1 rings (SSSR count). The molecule has 1 unspecified atom stereocenters. The van der Waals surface area contributed by atoms with E-state index < -0.39 is 10.8 Å². The van der Waals surface area contributed by atoms with E-state index in [2.05, 4.69) is 5.32 Å². The Kier molecular flexibility index (Phi) is 5.08. The summed E-state index contributed by atoms with van der Waals surface area (Å²) in [5.74, 6) is -0.535. The molecule has 7 nitrogen and oxygen atoms in total. The largest absolute Gasteiger partial charge is 0.397 e. The third-order valence-corrected chi connectivity index (χ3v) is 2.68. The number of non-ortho nitro benzene ring substituents is 1. The van der Waals surface area contributed by atoms with Gasteiger partial charge >= 0.3 is 0 Å². The van der Waals surface area contributed by atoms with Crippen LogP contribution in [0.3, 0.4) is 0 Å². The summed E-state index contributed by atoms with van der Waals surface area (Å²) in [6.07, 6.45) is 0. The van der Waals surface area contributed by atoms with Gasteiger partial charge in [0.1, 0.15) is 0 Å². The molecule has 1 atom stereocenters. The van der Waals surface area contributed by atoms with Crippen molar-refractivity contribution in [3.05, 3.63) is 32.8 Å². The van der Waals surface area contributed by atoms with Gasteiger partial charge in [0.15, 0.2) is 0 Å². The molecule has 104 valence electrons. The molecule has 0 aromatic heterocycles. The Morgan fingerprint density at radius 1 is 1.63 bits per heavy atom. The number of nitrogens with zero attached hydrogens (tertiary/aromatic N) is 1. The van der Waals surface area contributed by atoms with Crippen LogP contribution < -0.4 is 11.1 Å². The van der Waals surface area contributed by atoms with Crippen LogP contribution in [-0.2, 0) is 4.74 Å². The number of halogens is 1. The van der Waals surface area contributed by atoms with Crippen molar-refractivity contribution in [3.8, 4) is 0 Å². The van der Waals surface area contributed by atoms with Crippen molar-refractivity contribution in [1.82, 2.24) is 5.32 Å². The Morgan fingerprint density at radius 3 is 2.79 bits per heavy atom. The van der Waals surface area contributed by atoms with E-state index in [1.807, 2.05) is 0 Å². The second kappa shape index (κ2) is 6.35. The van der Waals surface area contributed by atoms with Gasteiger partial charge in [-0.2, -0.15) is 0 Å². The monoisotopic (exact) mass is 287 g/mol. The topological polar surface area (TPSA) is 107 Å². The molecule has 0 bridgehead atoms. The van der Waals surface area contributed by atoms with Crippen molar-refractivity contribution in [3.63, 3.8) is 0 Å². The van der Waals surface area contributed by atoms with Gasteiger partial charge in [0, 0.05) is 25.3 Å². The molecule has 0 saturated carbocycles. The van der Waals surface area contributed by atoms with Gasteiger partial charge in [0.2, 0.25) is 0 Å². The SMILES string of the molecule is COCC(C)NC(=O)c1cc([N+](=O)[O-])cc(Cl)c1N. The molecule has 3 N–H and O–H groups in total. The molecule has 1 amide bonds. The first-order valence-electron chi connectivity index (χ1n) is 5.40. The molecular formula is C11H14ClN3O4. The molecule has 0 saturated heterocycles. The predicted molar refractivity (Wildman–Crippen MR) is 71.3 cm³/mol. The van der Waals surface area contributed by atoms with Crippen molar-refractivity contribution in [2.24, 2.45) is 0 Å². The highest BCUT2D eigenvalue weighted by molar-refractivity contribution is 6.34. The van der Waals surface area contributed by atoms with Crippen molar-refractivity contribution >= 4 is 28.9 Å². The first-order valence-corrected chi connectivity index (χ1v) is 5.77. The van der Waals surface area contributed by atoms with E-state index in [9.17, 15) is 14.9 Å². The predicted octanol–water partition coefficient (Wildman–Crippen LogP) is 1.60. The third-order valence-electron chi connectivity index (χ3n) is 2.36. The van der Waals surface area contributed by atoms with E-state index in [1.165, 1.54) is 7.11 Å². The fourth-order valence-corrected chi connectivity index (χ4v) is 1.70. The number of carbonyl (C=O) groups excluding carboxylic acids is 1. The van der Waals surface area contributed by atoms with E-state index in [0.717, 1.165) is 12.1 Å². The maximum atomic E-state index is 11.9. The maximum absolute atomic E-state index is 11.9. The maximum Gasteiger partial charge on any atom is 0.271 e. The number of nitrogens with one attached hydrogen (secondary N) is 1. The molecule has 0 aliphatic carbocycles. The Labute approximate surface area is 114 Å². The van der Waals surface area contributed by atoms with E-state index >= 15 is 0 Å². The number of carbonyl (C=O) groups is 1. The Morgan fingerprint density at radius 2 is 2.26 bits per heavy atom. The number of methoxy groups -OCH3 is 1. The third kappa shape index (κ3) is 3.80. The van der Waals surface area contributed by atoms with Crippen LogP contribution in [-0.4, -0.2) is 30.6 Å². The van der Waals surface area contributed by atoms with Crippen LogP contribution in [0.25, 0.3) is 0 Å². The normalized spacial score (nSPS) is 11.9. The lowest BCUT2D eigenvalue weighted by molar-refractivity contribution is -0.384. The van der Waals surface area contributed by atoms with Crippen LogP contribution in [0.1, 0.15) is 17.3 Å². The van der Waals surface area contributed by atoms with Gasteiger partial charge in [-0.15, -0.1) is 0 Å². The summed E-state index contributed by atoms with van der Waals surface area (Å²) in [6, 6.07) is 1.94. The van der Waals surface area contributed by atoms with Crippen molar-refractivity contribution in [1.29, 1.82) is 0 Å². The molecule has 19 heavy (non-hydrogen) atoms. The van der Waals surface area contributed by atoms with Gasteiger partial charge in [0.25, 0.3) is 11.6 Å². The minimum Gasteiger partial charge on any atom is -0.397 e. The molecule has 1 aromatic carbocycles. The zero-order valence-corrected chi connectivity index (χ0v) is 11.2. The lowest BCUT2D eigenvalue weighted by atomic mass is 10.1. The van der Waals surface area contributed by atoms with Gasteiger partial charge < -0.3 is 15.8 Å². The number of amides is 1. The quantitative estimate of drug-likeness (QED) is 0.486. The summed E-state index contributed by atoms with van der Waals surface area (Å²) in [5.41, 5.74) is 5.35. The summed E-state index contributed by atoms with van der Waals surface area (Å²) in [6.45, 7) is 2.05. The summed E-state index contributed by atoms with van der Waals surface area (Å²) < 4.78 is 4.88. The number of ether oxygens (including phenoxy) is 1. The minimum atomic E-state index is -0.638. The molecule has 0 heterocycles. The average Bonchev–Trinajstić information content (AvgIpc) is 2.32. The molecule has 0 radical (unpaired) electrons. The number of nitrogens with two attached hydrogens (primary N) is 1. The van der Waals surface area contributed by atoms with Crippen LogP contribution in [0.15, 0.2) is 12.1 Å².